The van der Waals surface area contributed by atoms with Crippen LogP contribution in [0.2, 0.25) is 0 Å². The number of fused-ring (bicyclic) bond motifs is 1. The Hall–Kier alpha value is -2.91. The Morgan fingerprint density at radius 1 is 1.18 bits per heavy atom. The van der Waals surface area contributed by atoms with Gasteiger partial charge in [-0.3, -0.25) is 9.59 Å². The van der Waals surface area contributed by atoms with Crippen LogP contribution in [0.1, 0.15) is 31.4 Å². The van der Waals surface area contributed by atoms with Gasteiger partial charge in [0.1, 0.15) is 0 Å². The number of aryl methyl sites for hydroxylation is 2. The Kier molecular flexibility index (Phi) is 7.61. The molecule has 7 nitrogen and oxygen atoms in total. The van der Waals surface area contributed by atoms with Crippen LogP contribution in [0.3, 0.4) is 0 Å². The molecule has 1 aliphatic rings. The minimum absolute atomic E-state index is 0.0635. The van der Waals surface area contributed by atoms with Crippen molar-refractivity contribution < 1.29 is 14.3 Å². The molecule has 172 valence electrons. The van der Waals surface area contributed by atoms with Gasteiger partial charge in [0.05, 0.1) is 5.75 Å². The summed E-state index contributed by atoms with van der Waals surface area (Å²) in [5.74, 6) is -0.586. The van der Waals surface area contributed by atoms with Crippen LogP contribution in [0.4, 0.5) is 16.5 Å². The Morgan fingerprint density at radius 3 is 2.76 bits per heavy atom. The lowest BCUT2D eigenvalue weighted by Crippen LogP contribution is -2.43. The van der Waals surface area contributed by atoms with Gasteiger partial charge in [0.2, 0.25) is 5.13 Å². The lowest BCUT2D eigenvalue weighted by Gasteiger charge is -2.31. The lowest BCUT2D eigenvalue weighted by atomic mass is 10.0. The van der Waals surface area contributed by atoms with Crippen LogP contribution in [0.15, 0.2) is 52.9 Å². The van der Waals surface area contributed by atoms with Gasteiger partial charge in [-0.2, -0.15) is 0 Å². The third-order valence-electron chi connectivity index (χ3n) is 5.37. The first-order chi connectivity index (χ1) is 16.0. The number of anilines is 3. The molecule has 1 atom stereocenters. The monoisotopic (exact) mass is 482 g/mol. The number of esters is 1. The SMILES string of the molecule is CCc1ccc(Nc2nnc(SCC(=O)O[C@H](C)C(=O)N3CCCc4ccccc43)s2)cc1. The zero-order valence-corrected chi connectivity index (χ0v) is 20.2. The van der Waals surface area contributed by atoms with Crippen LogP contribution in [0.25, 0.3) is 0 Å². The predicted molar refractivity (Wildman–Crippen MR) is 132 cm³/mol. The van der Waals surface area contributed by atoms with Crippen LogP contribution in [0.5, 0.6) is 0 Å². The van der Waals surface area contributed by atoms with Crippen LogP contribution >= 0.6 is 23.1 Å². The van der Waals surface area contributed by atoms with Crippen LogP contribution < -0.4 is 10.2 Å². The molecule has 33 heavy (non-hydrogen) atoms. The molecule has 2 heterocycles. The molecule has 0 radical (unpaired) electrons. The molecular formula is C24H26N4O3S2. The Labute approximate surface area is 201 Å². The van der Waals surface area contributed by atoms with Gasteiger partial charge in [0.15, 0.2) is 10.4 Å². The highest BCUT2D eigenvalue weighted by Crippen LogP contribution is 2.29. The molecule has 9 heteroatoms. The molecule has 1 aromatic heterocycles. The van der Waals surface area contributed by atoms with E-state index in [-0.39, 0.29) is 11.7 Å². The van der Waals surface area contributed by atoms with Crippen molar-refractivity contribution in [1.29, 1.82) is 0 Å². The first kappa shape index (κ1) is 23.3. The molecule has 0 spiro atoms. The smallest absolute Gasteiger partial charge is 0.317 e. The van der Waals surface area contributed by atoms with Gasteiger partial charge in [0, 0.05) is 17.9 Å². The fourth-order valence-corrected chi connectivity index (χ4v) is 5.20. The summed E-state index contributed by atoms with van der Waals surface area (Å²) >= 11 is 2.62. The van der Waals surface area contributed by atoms with E-state index < -0.39 is 12.1 Å². The van der Waals surface area contributed by atoms with Gasteiger partial charge in [-0.05, 0) is 55.5 Å². The zero-order valence-electron chi connectivity index (χ0n) is 18.6. The number of nitrogens with zero attached hydrogens (tertiary/aromatic N) is 3. The molecule has 0 unspecified atom stereocenters. The number of para-hydroxylation sites is 1. The van der Waals surface area contributed by atoms with Crippen molar-refractivity contribution >= 4 is 51.5 Å². The molecule has 2 aromatic carbocycles. The molecule has 1 aliphatic heterocycles. The van der Waals surface area contributed by atoms with Gasteiger partial charge in [-0.15, -0.1) is 10.2 Å². The second kappa shape index (κ2) is 10.8. The number of rotatable bonds is 8. The fourth-order valence-electron chi connectivity index (χ4n) is 3.65. The van der Waals surface area contributed by atoms with Crippen LogP contribution in [-0.2, 0) is 27.2 Å². The van der Waals surface area contributed by atoms with Gasteiger partial charge in [-0.1, -0.05) is 60.4 Å². The number of hydrogen-bond donors (Lipinski definition) is 1. The molecule has 3 aromatic rings. The molecule has 1 N–H and O–H groups in total. The van der Waals surface area contributed by atoms with Crippen molar-refractivity contribution in [1.82, 2.24) is 10.2 Å². The maximum absolute atomic E-state index is 12.9. The van der Waals surface area contributed by atoms with E-state index in [1.165, 1.54) is 28.7 Å². The highest BCUT2D eigenvalue weighted by molar-refractivity contribution is 8.01. The average Bonchev–Trinajstić information content (AvgIpc) is 3.29. The summed E-state index contributed by atoms with van der Waals surface area (Å²) in [6.07, 6.45) is 2.00. The summed E-state index contributed by atoms with van der Waals surface area (Å²) < 4.78 is 6.07. The zero-order chi connectivity index (χ0) is 23.2. The van der Waals surface area contributed by atoms with E-state index in [1.807, 2.05) is 36.4 Å². The van der Waals surface area contributed by atoms with E-state index in [4.69, 9.17) is 4.74 Å². The quantitative estimate of drug-likeness (QED) is 0.363. The number of ether oxygens (including phenoxy) is 1. The summed E-state index contributed by atoms with van der Waals surface area (Å²) in [7, 11) is 0. The van der Waals surface area contributed by atoms with Crippen LogP contribution in [-0.4, -0.2) is 40.5 Å². The highest BCUT2D eigenvalue weighted by atomic mass is 32.2. The van der Waals surface area contributed by atoms with Crippen molar-refractivity contribution in [3.05, 3.63) is 59.7 Å². The number of hydrogen-bond acceptors (Lipinski definition) is 8. The summed E-state index contributed by atoms with van der Waals surface area (Å²) in [4.78, 5) is 27.0. The summed E-state index contributed by atoms with van der Waals surface area (Å²) in [5.41, 5.74) is 4.26. The second-order valence-electron chi connectivity index (χ2n) is 7.69. The van der Waals surface area contributed by atoms with Gasteiger partial charge in [-0.25, -0.2) is 0 Å². The van der Waals surface area contributed by atoms with E-state index >= 15 is 0 Å². The second-order valence-corrected chi connectivity index (χ2v) is 9.89. The Morgan fingerprint density at radius 2 is 1.97 bits per heavy atom. The van der Waals surface area contributed by atoms with Crippen molar-refractivity contribution in [2.45, 2.75) is 43.6 Å². The van der Waals surface area contributed by atoms with Crippen molar-refractivity contribution in [3.8, 4) is 0 Å². The number of nitrogens with one attached hydrogen (secondary N) is 1. The standard InChI is InChI=1S/C24H26N4O3S2/c1-3-17-10-12-19(13-11-17)25-23-26-27-24(33-23)32-15-21(29)31-16(2)22(30)28-14-6-8-18-7-4-5-9-20(18)28/h4-5,7,9-13,16H,3,6,8,14-15H2,1-2H3,(H,25,26)/t16-/m1/s1. The third kappa shape index (κ3) is 5.91. The van der Waals surface area contributed by atoms with E-state index in [1.54, 1.807) is 11.8 Å². The van der Waals surface area contributed by atoms with Crippen molar-refractivity contribution in [2.24, 2.45) is 0 Å². The maximum Gasteiger partial charge on any atom is 0.317 e. The molecule has 1 amide bonds. The molecular weight excluding hydrogens is 456 g/mol. The van der Waals surface area contributed by atoms with Crippen LogP contribution in [0, 0.1) is 0 Å². The molecule has 0 bridgehead atoms. The number of carbonyl (C=O) groups excluding carboxylic acids is 2. The highest BCUT2D eigenvalue weighted by Gasteiger charge is 2.28. The van der Waals surface area contributed by atoms with E-state index in [0.717, 1.165) is 36.2 Å². The van der Waals surface area contributed by atoms with E-state index in [0.29, 0.717) is 16.0 Å². The number of aromatic nitrogens is 2. The van der Waals surface area contributed by atoms with Gasteiger partial charge >= 0.3 is 5.97 Å². The topological polar surface area (TPSA) is 84.4 Å². The van der Waals surface area contributed by atoms with E-state index in [2.05, 4.69) is 34.6 Å². The van der Waals surface area contributed by atoms with Crippen molar-refractivity contribution in [2.75, 3.05) is 22.5 Å². The van der Waals surface area contributed by atoms with Gasteiger partial charge < -0.3 is 15.0 Å². The number of amides is 1. The molecule has 0 aliphatic carbocycles. The molecule has 4 rings (SSSR count). The third-order valence-corrected chi connectivity index (χ3v) is 7.31. The largest absolute Gasteiger partial charge is 0.452 e. The normalized spacial score (nSPS) is 13.8. The first-order valence-electron chi connectivity index (χ1n) is 10.9. The maximum atomic E-state index is 12.9. The number of benzene rings is 2. The van der Waals surface area contributed by atoms with Gasteiger partial charge in [0.25, 0.3) is 5.91 Å². The Balaban J connectivity index is 1.27. The molecule has 0 saturated carbocycles. The lowest BCUT2D eigenvalue weighted by molar-refractivity contribution is -0.151. The van der Waals surface area contributed by atoms with E-state index in [9.17, 15) is 9.59 Å². The first-order valence-corrected chi connectivity index (χ1v) is 12.7. The van der Waals surface area contributed by atoms with Crippen molar-refractivity contribution in [3.63, 3.8) is 0 Å². The summed E-state index contributed by atoms with van der Waals surface area (Å²) in [6.45, 7) is 4.37. The minimum Gasteiger partial charge on any atom is -0.452 e. The minimum atomic E-state index is -0.845. The molecule has 0 fully saturated rings. The predicted octanol–water partition coefficient (Wildman–Crippen LogP) is 4.85. The number of thioether (sulfide) groups is 1. The Bertz CT molecular complexity index is 1120. The average molecular weight is 483 g/mol. The fraction of sp³-hybridized carbons (Fsp3) is 0.333. The molecule has 0 saturated heterocycles. The number of carbonyl (C=O) groups is 2. The summed E-state index contributed by atoms with van der Waals surface area (Å²) in [6, 6.07) is 16.0. The summed E-state index contributed by atoms with van der Waals surface area (Å²) in [5, 5.41) is 12.1.